The van der Waals surface area contributed by atoms with Crippen molar-refractivity contribution in [3.63, 3.8) is 0 Å². The predicted molar refractivity (Wildman–Crippen MR) is 165 cm³/mol. The summed E-state index contributed by atoms with van der Waals surface area (Å²) in [7, 11) is 4.36. The summed E-state index contributed by atoms with van der Waals surface area (Å²) in [6.45, 7) is 11.0. The third-order valence-corrected chi connectivity index (χ3v) is 9.60. The molecule has 0 unspecified atom stereocenters. The second-order valence-corrected chi connectivity index (χ2v) is 12.3. The van der Waals surface area contributed by atoms with E-state index in [1.54, 1.807) is 4.90 Å². The first kappa shape index (κ1) is 28.5. The monoisotopic (exact) mass is 569 g/mol. The largest absolute Gasteiger partial charge is 0.476 e. The Morgan fingerprint density at radius 2 is 1.93 bits per heavy atom. The van der Waals surface area contributed by atoms with Gasteiger partial charge in [0, 0.05) is 69.2 Å². The van der Waals surface area contributed by atoms with Crippen LogP contribution < -0.4 is 14.5 Å². The lowest BCUT2D eigenvalue weighted by Gasteiger charge is -2.42. The molecule has 2 fully saturated rings. The number of rotatable bonds is 7. The molecule has 4 aliphatic heterocycles. The maximum absolute atomic E-state index is 12.5. The zero-order valence-electron chi connectivity index (χ0n) is 25.1. The zero-order valence-corrected chi connectivity index (χ0v) is 25.1. The van der Waals surface area contributed by atoms with Crippen molar-refractivity contribution in [2.75, 3.05) is 69.8 Å². The van der Waals surface area contributed by atoms with E-state index >= 15 is 0 Å². The summed E-state index contributed by atoms with van der Waals surface area (Å²) in [5, 5.41) is 9.54. The molecule has 0 radical (unpaired) electrons. The number of aromatic nitrogens is 1. The fraction of sp³-hybridized carbons (Fsp3) is 0.545. The van der Waals surface area contributed by atoms with Crippen LogP contribution in [0, 0.1) is 11.3 Å². The number of hydrogen-bond acceptors (Lipinski definition) is 8. The zero-order chi connectivity index (χ0) is 29.2. The Bertz CT molecular complexity index is 1370. The minimum Gasteiger partial charge on any atom is -0.476 e. The van der Waals surface area contributed by atoms with E-state index in [1.165, 1.54) is 40.4 Å². The highest BCUT2D eigenvalue weighted by Gasteiger charge is 2.33. The van der Waals surface area contributed by atoms with Crippen LogP contribution in [0.2, 0.25) is 0 Å². The van der Waals surface area contributed by atoms with E-state index in [0.717, 1.165) is 57.8 Å². The van der Waals surface area contributed by atoms with E-state index in [4.69, 9.17) is 9.72 Å². The number of likely N-dealkylation sites (N-methyl/N-ethyl adjacent to an activating group) is 2. The Labute approximate surface area is 249 Å². The van der Waals surface area contributed by atoms with Gasteiger partial charge in [-0.05, 0) is 75.2 Å². The van der Waals surface area contributed by atoms with Crippen LogP contribution in [0.4, 0.5) is 11.5 Å². The standard InChI is InChI=1S/C33H43N7O2/c1-4-32(41)40-18-17-39(22-26(40)10-13-34)33-29-12-16-38(30-9-5-7-24-20-36(2)15-11-28(24)30)21-25(29)19-31(35-33)42-23-27-8-6-14-37(27)3/h4-5,7,9,19,26-27H,1,6,8,10-12,14-18,20-23H2,2-3H3/t26-,27-/m0/s1. The molecule has 5 heterocycles. The minimum atomic E-state index is -0.197. The van der Waals surface area contributed by atoms with Gasteiger partial charge < -0.3 is 29.2 Å². The van der Waals surface area contributed by atoms with E-state index < -0.39 is 0 Å². The number of piperazine rings is 1. The average molecular weight is 570 g/mol. The first-order chi connectivity index (χ1) is 20.4. The van der Waals surface area contributed by atoms with Gasteiger partial charge >= 0.3 is 0 Å². The molecule has 9 nitrogen and oxygen atoms in total. The van der Waals surface area contributed by atoms with Gasteiger partial charge in [0.25, 0.3) is 0 Å². The molecule has 0 bridgehead atoms. The van der Waals surface area contributed by atoms with Gasteiger partial charge in [-0.15, -0.1) is 0 Å². The molecule has 9 heteroatoms. The molecule has 4 aliphatic rings. The van der Waals surface area contributed by atoms with Crippen LogP contribution in [-0.2, 0) is 30.7 Å². The van der Waals surface area contributed by atoms with Crippen molar-refractivity contribution >= 4 is 17.4 Å². The molecule has 0 saturated carbocycles. The summed E-state index contributed by atoms with van der Waals surface area (Å²) < 4.78 is 6.42. The number of nitrogens with zero attached hydrogens (tertiary/aromatic N) is 7. The highest BCUT2D eigenvalue weighted by atomic mass is 16.5. The number of ether oxygens (including phenoxy) is 1. The van der Waals surface area contributed by atoms with Crippen molar-refractivity contribution < 1.29 is 9.53 Å². The number of fused-ring (bicyclic) bond motifs is 2. The van der Waals surface area contributed by atoms with Gasteiger partial charge in [-0.2, -0.15) is 10.2 Å². The van der Waals surface area contributed by atoms with Crippen molar-refractivity contribution in [1.29, 1.82) is 5.26 Å². The number of nitriles is 1. The Morgan fingerprint density at radius 1 is 1.07 bits per heavy atom. The summed E-state index contributed by atoms with van der Waals surface area (Å²) in [6.07, 6.45) is 5.94. The van der Waals surface area contributed by atoms with Crippen molar-refractivity contribution in [1.82, 2.24) is 19.7 Å². The summed E-state index contributed by atoms with van der Waals surface area (Å²) in [5.74, 6) is 1.51. The van der Waals surface area contributed by atoms with Crippen LogP contribution in [-0.4, -0.2) is 97.6 Å². The van der Waals surface area contributed by atoms with E-state index in [1.807, 2.05) is 0 Å². The fourth-order valence-corrected chi connectivity index (χ4v) is 7.20. The first-order valence-corrected chi connectivity index (χ1v) is 15.4. The van der Waals surface area contributed by atoms with Crippen LogP contribution in [0.15, 0.2) is 36.9 Å². The third kappa shape index (κ3) is 5.70. The Morgan fingerprint density at radius 3 is 2.71 bits per heavy atom. The second-order valence-electron chi connectivity index (χ2n) is 12.3. The lowest BCUT2D eigenvalue weighted by Crippen LogP contribution is -2.55. The molecule has 222 valence electrons. The van der Waals surface area contributed by atoms with Crippen molar-refractivity contribution in [2.45, 2.75) is 57.3 Å². The molecule has 1 aromatic heterocycles. The van der Waals surface area contributed by atoms with Gasteiger partial charge in [-0.1, -0.05) is 18.7 Å². The molecule has 2 aromatic rings. The van der Waals surface area contributed by atoms with Gasteiger partial charge in [0.2, 0.25) is 11.8 Å². The maximum atomic E-state index is 12.5. The molecular formula is C33H43N7O2. The second kappa shape index (κ2) is 12.3. The number of pyridine rings is 1. The van der Waals surface area contributed by atoms with Crippen LogP contribution in [0.1, 0.15) is 41.5 Å². The molecule has 2 saturated heterocycles. The Hall–Kier alpha value is -3.61. The molecule has 1 aromatic carbocycles. The Balaban J connectivity index is 1.31. The number of anilines is 2. The first-order valence-electron chi connectivity index (χ1n) is 15.4. The van der Waals surface area contributed by atoms with E-state index in [0.29, 0.717) is 38.2 Å². The van der Waals surface area contributed by atoms with Crippen molar-refractivity contribution in [3.05, 3.63) is 59.2 Å². The van der Waals surface area contributed by atoms with E-state index in [9.17, 15) is 10.1 Å². The summed E-state index contributed by atoms with van der Waals surface area (Å²) in [5.41, 5.74) is 6.79. The van der Waals surface area contributed by atoms with Crippen LogP contribution in [0.3, 0.4) is 0 Å². The minimum absolute atomic E-state index is 0.115. The summed E-state index contributed by atoms with van der Waals surface area (Å²) >= 11 is 0. The molecule has 0 aliphatic carbocycles. The highest BCUT2D eigenvalue weighted by Crippen LogP contribution is 2.36. The summed E-state index contributed by atoms with van der Waals surface area (Å²) in [4.78, 5) is 29.0. The molecular weight excluding hydrogens is 526 g/mol. The van der Waals surface area contributed by atoms with E-state index in [2.05, 4.69) is 70.6 Å². The Kier molecular flexibility index (Phi) is 8.36. The van der Waals surface area contributed by atoms with Gasteiger partial charge in [-0.3, -0.25) is 4.79 Å². The lowest BCUT2D eigenvalue weighted by atomic mass is 9.94. The molecule has 1 amide bonds. The van der Waals surface area contributed by atoms with E-state index in [-0.39, 0.29) is 18.4 Å². The number of likely N-dealkylation sites (tertiary alicyclic amines) is 1. The molecule has 42 heavy (non-hydrogen) atoms. The topological polar surface area (TPSA) is 79.2 Å². The molecule has 0 spiro atoms. The van der Waals surface area contributed by atoms with Gasteiger partial charge in [-0.25, -0.2) is 0 Å². The van der Waals surface area contributed by atoms with Crippen LogP contribution >= 0.6 is 0 Å². The van der Waals surface area contributed by atoms with Crippen LogP contribution in [0.25, 0.3) is 0 Å². The number of amides is 1. The normalized spacial score (nSPS) is 22.8. The SMILES string of the molecule is C=CC(=O)N1CCN(c2nc(OC[C@@H]3CCCN3C)cc3c2CCN(c2cccc4c2CCN(C)C4)C3)C[C@@H]1CC#N. The molecule has 6 rings (SSSR count). The highest BCUT2D eigenvalue weighted by molar-refractivity contribution is 5.87. The average Bonchev–Trinajstić information content (AvgIpc) is 3.42. The quantitative estimate of drug-likeness (QED) is 0.471. The number of hydrogen-bond donors (Lipinski definition) is 0. The van der Waals surface area contributed by atoms with Crippen LogP contribution in [0.5, 0.6) is 5.88 Å². The predicted octanol–water partition coefficient (Wildman–Crippen LogP) is 3.22. The van der Waals surface area contributed by atoms with Gasteiger partial charge in [0.1, 0.15) is 12.4 Å². The summed E-state index contributed by atoms with van der Waals surface area (Å²) in [6, 6.07) is 11.4. The fourth-order valence-electron chi connectivity index (χ4n) is 7.20. The third-order valence-electron chi connectivity index (χ3n) is 9.60. The number of carbonyl (C=O) groups is 1. The van der Waals surface area contributed by atoms with Gasteiger partial charge in [0.05, 0.1) is 18.5 Å². The number of benzene rings is 1. The molecule has 2 atom stereocenters. The lowest BCUT2D eigenvalue weighted by molar-refractivity contribution is -0.128. The van der Waals surface area contributed by atoms with Crippen molar-refractivity contribution in [3.8, 4) is 11.9 Å². The maximum Gasteiger partial charge on any atom is 0.246 e. The smallest absolute Gasteiger partial charge is 0.246 e. The number of carbonyl (C=O) groups excluding carboxylic acids is 1. The van der Waals surface area contributed by atoms with Gasteiger partial charge in [0.15, 0.2) is 0 Å². The van der Waals surface area contributed by atoms with Crippen molar-refractivity contribution in [2.24, 2.45) is 0 Å². The molecule has 0 N–H and O–H groups in total.